The number of rotatable bonds is 5. The van der Waals surface area contributed by atoms with Crippen LogP contribution in [0.4, 0.5) is 5.69 Å². The molecule has 1 amide bonds. The molecule has 4 nitrogen and oxygen atoms in total. The Bertz CT molecular complexity index is 413. The third-order valence-electron chi connectivity index (χ3n) is 2.47. The zero-order valence-corrected chi connectivity index (χ0v) is 10.6. The first-order valence-electron chi connectivity index (χ1n) is 5.75. The Morgan fingerprint density at radius 1 is 1.35 bits per heavy atom. The van der Waals surface area contributed by atoms with Crippen LogP contribution in [0.2, 0.25) is 0 Å². The number of aryl methyl sites for hydroxylation is 1. The van der Waals surface area contributed by atoms with Crippen molar-refractivity contribution in [2.24, 2.45) is 5.10 Å². The number of hydrogen-bond acceptors (Lipinski definition) is 3. The van der Waals surface area contributed by atoms with E-state index in [2.05, 4.69) is 15.8 Å². The molecule has 1 aromatic rings. The molecular weight excluding hydrogens is 214 g/mol. The predicted octanol–water partition coefficient (Wildman–Crippen LogP) is 2.31. The molecule has 0 saturated carbocycles. The maximum absolute atomic E-state index is 11.5. The van der Waals surface area contributed by atoms with E-state index in [1.165, 1.54) is 0 Å². The zero-order valence-electron chi connectivity index (χ0n) is 10.6. The molecule has 0 spiro atoms. The number of para-hydroxylation sites is 1. The molecule has 0 radical (unpaired) electrons. The number of benzene rings is 1. The van der Waals surface area contributed by atoms with Crippen molar-refractivity contribution in [2.75, 3.05) is 11.9 Å². The summed E-state index contributed by atoms with van der Waals surface area (Å²) in [6, 6.07) is 7.85. The second kappa shape index (κ2) is 6.68. The number of hydrogen-bond donors (Lipinski definition) is 2. The number of amides is 1. The Morgan fingerprint density at radius 2 is 2.06 bits per heavy atom. The minimum atomic E-state index is -0.138. The normalized spacial score (nSPS) is 11.1. The maximum atomic E-state index is 11.5. The van der Waals surface area contributed by atoms with Crippen molar-refractivity contribution in [1.82, 2.24) is 5.43 Å². The Morgan fingerprint density at radius 3 is 2.71 bits per heavy atom. The van der Waals surface area contributed by atoms with Crippen molar-refractivity contribution in [3.05, 3.63) is 29.8 Å². The van der Waals surface area contributed by atoms with Crippen LogP contribution in [0, 0.1) is 6.92 Å². The van der Waals surface area contributed by atoms with Gasteiger partial charge in [-0.05, 0) is 31.9 Å². The van der Waals surface area contributed by atoms with Gasteiger partial charge in [-0.15, -0.1) is 0 Å². The maximum Gasteiger partial charge on any atom is 0.259 e. The Balaban J connectivity index is 2.41. The van der Waals surface area contributed by atoms with Gasteiger partial charge in [0.1, 0.15) is 0 Å². The lowest BCUT2D eigenvalue weighted by molar-refractivity contribution is -0.119. The third kappa shape index (κ3) is 4.68. The van der Waals surface area contributed by atoms with Crippen molar-refractivity contribution in [3.8, 4) is 0 Å². The van der Waals surface area contributed by atoms with Gasteiger partial charge < -0.3 is 5.32 Å². The van der Waals surface area contributed by atoms with Crippen molar-refractivity contribution >= 4 is 17.3 Å². The Labute approximate surface area is 102 Å². The van der Waals surface area contributed by atoms with E-state index in [-0.39, 0.29) is 12.5 Å². The molecule has 1 rings (SSSR count). The Kier molecular flexibility index (Phi) is 5.20. The summed E-state index contributed by atoms with van der Waals surface area (Å²) in [6.07, 6.45) is 0.839. The van der Waals surface area contributed by atoms with Crippen LogP contribution in [0.1, 0.15) is 25.8 Å². The first-order valence-corrected chi connectivity index (χ1v) is 5.75. The van der Waals surface area contributed by atoms with E-state index in [0.717, 1.165) is 23.4 Å². The van der Waals surface area contributed by atoms with Gasteiger partial charge in [0.25, 0.3) is 5.91 Å². The number of anilines is 1. The van der Waals surface area contributed by atoms with Crippen molar-refractivity contribution in [3.63, 3.8) is 0 Å². The highest BCUT2D eigenvalue weighted by atomic mass is 16.2. The lowest BCUT2D eigenvalue weighted by Crippen LogP contribution is -2.26. The first kappa shape index (κ1) is 13.2. The number of carbonyl (C=O) groups excluding carboxylic acids is 1. The van der Waals surface area contributed by atoms with Crippen LogP contribution in [0.25, 0.3) is 0 Å². The number of nitrogens with one attached hydrogen (secondary N) is 2. The molecule has 0 bridgehead atoms. The van der Waals surface area contributed by atoms with Crippen LogP contribution >= 0.6 is 0 Å². The molecule has 1 aromatic carbocycles. The summed E-state index contributed by atoms with van der Waals surface area (Å²) in [4.78, 5) is 11.5. The second-order valence-electron chi connectivity index (χ2n) is 3.90. The van der Waals surface area contributed by atoms with Gasteiger partial charge in [0.15, 0.2) is 0 Å². The fraction of sp³-hybridized carbons (Fsp3) is 0.385. The topological polar surface area (TPSA) is 53.5 Å². The van der Waals surface area contributed by atoms with E-state index in [1.807, 2.05) is 45.0 Å². The lowest BCUT2D eigenvalue weighted by atomic mass is 10.2. The van der Waals surface area contributed by atoms with Gasteiger partial charge in [-0.2, -0.15) is 5.10 Å². The highest BCUT2D eigenvalue weighted by Crippen LogP contribution is 2.12. The van der Waals surface area contributed by atoms with Crippen LogP contribution in [-0.2, 0) is 4.79 Å². The molecule has 0 fully saturated rings. The van der Waals surface area contributed by atoms with E-state index < -0.39 is 0 Å². The van der Waals surface area contributed by atoms with Gasteiger partial charge in [0.05, 0.1) is 6.54 Å². The number of carbonyl (C=O) groups is 1. The first-order chi connectivity index (χ1) is 8.13. The lowest BCUT2D eigenvalue weighted by Gasteiger charge is -2.08. The molecule has 0 heterocycles. The molecule has 0 unspecified atom stereocenters. The smallest absolute Gasteiger partial charge is 0.259 e. The molecule has 2 N–H and O–H groups in total. The van der Waals surface area contributed by atoms with E-state index >= 15 is 0 Å². The molecular formula is C13H19N3O. The minimum absolute atomic E-state index is 0.138. The summed E-state index contributed by atoms with van der Waals surface area (Å²) in [5.41, 5.74) is 5.51. The summed E-state index contributed by atoms with van der Waals surface area (Å²) in [5.74, 6) is -0.138. The molecule has 92 valence electrons. The molecule has 0 saturated heterocycles. The average Bonchev–Trinajstić information content (AvgIpc) is 2.35. The molecule has 0 aliphatic carbocycles. The number of hydrazone groups is 1. The van der Waals surface area contributed by atoms with Gasteiger partial charge in [-0.3, -0.25) is 4.79 Å². The van der Waals surface area contributed by atoms with E-state index in [0.29, 0.717) is 0 Å². The van der Waals surface area contributed by atoms with E-state index in [1.54, 1.807) is 0 Å². The largest absolute Gasteiger partial charge is 0.376 e. The fourth-order valence-electron chi connectivity index (χ4n) is 1.22. The SMILES string of the molecule is CC/C(C)=N/NC(=O)CNc1ccccc1C. The van der Waals surface area contributed by atoms with E-state index in [4.69, 9.17) is 0 Å². The highest BCUT2D eigenvalue weighted by Gasteiger charge is 2.01. The van der Waals surface area contributed by atoms with Gasteiger partial charge in [0.2, 0.25) is 0 Å². The van der Waals surface area contributed by atoms with Crippen LogP contribution < -0.4 is 10.7 Å². The fourth-order valence-corrected chi connectivity index (χ4v) is 1.22. The van der Waals surface area contributed by atoms with Gasteiger partial charge in [0, 0.05) is 11.4 Å². The summed E-state index contributed by atoms with van der Waals surface area (Å²) in [6.45, 7) is 6.11. The van der Waals surface area contributed by atoms with Crippen LogP contribution in [0.15, 0.2) is 29.4 Å². The summed E-state index contributed by atoms with van der Waals surface area (Å²) in [5, 5.41) is 7.03. The molecule has 0 aromatic heterocycles. The van der Waals surface area contributed by atoms with Crippen molar-refractivity contribution < 1.29 is 4.79 Å². The second-order valence-corrected chi connectivity index (χ2v) is 3.90. The summed E-state index contributed by atoms with van der Waals surface area (Å²) >= 11 is 0. The zero-order chi connectivity index (χ0) is 12.7. The van der Waals surface area contributed by atoms with Crippen molar-refractivity contribution in [2.45, 2.75) is 27.2 Å². The summed E-state index contributed by atoms with van der Waals surface area (Å²) < 4.78 is 0. The van der Waals surface area contributed by atoms with Crippen LogP contribution in [0.5, 0.6) is 0 Å². The number of nitrogens with zero attached hydrogens (tertiary/aromatic N) is 1. The molecule has 0 aliphatic heterocycles. The van der Waals surface area contributed by atoms with Crippen LogP contribution in [-0.4, -0.2) is 18.2 Å². The van der Waals surface area contributed by atoms with Crippen molar-refractivity contribution in [1.29, 1.82) is 0 Å². The molecule has 17 heavy (non-hydrogen) atoms. The standard InChI is InChI=1S/C13H19N3O/c1-4-11(3)15-16-13(17)9-14-12-8-6-5-7-10(12)2/h5-8,14H,4,9H2,1-3H3,(H,16,17)/b15-11+. The third-order valence-corrected chi connectivity index (χ3v) is 2.47. The van der Waals surface area contributed by atoms with Gasteiger partial charge in [-0.1, -0.05) is 25.1 Å². The molecule has 0 aliphatic rings. The average molecular weight is 233 g/mol. The monoisotopic (exact) mass is 233 g/mol. The van der Waals surface area contributed by atoms with Crippen LogP contribution in [0.3, 0.4) is 0 Å². The van der Waals surface area contributed by atoms with Gasteiger partial charge in [-0.25, -0.2) is 5.43 Å². The highest BCUT2D eigenvalue weighted by molar-refractivity contribution is 5.85. The molecule has 0 atom stereocenters. The quantitative estimate of drug-likeness (QED) is 0.605. The Hall–Kier alpha value is -1.84. The minimum Gasteiger partial charge on any atom is -0.376 e. The molecule has 4 heteroatoms. The van der Waals surface area contributed by atoms with Gasteiger partial charge >= 0.3 is 0 Å². The summed E-state index contributed by atoms with van der Waals surface area (Å²) in [7, 11) is 0. The predicted molar refractivity (Wildman–Crippen MR) is 71.2 cm³/mol. The van der Waals surface area contributed by atoms with E-state index in [9.17, 15) is 4.79 Å².